The summed E-state index contributed by atoms with van der Waals surface area (Å²) >= 11 is 0. The van der Waals surface area contributed by atoms with E-state index >= 15 is 0 Å². The highest BCUT2D eigenvalue weighted by Gasteiger charge is 2.27. The van der Waals surface area contributed by atoms with Gasteiger partial charge in [-0.2, -0.15) is 5.10 Å². The molecule has 1 fully saturated rings. The molecule has 1 aliphatic rings. The van der Waals surface area contributed by atoms with E-state index in [0.717, 1.165) is 24.0 Å². The van der Waals surface area contributed by atoms with Crippen molar-refractivity contribution in [2.75, 3.05) is 19.6 Å². The van der Waals surface area contributed by atoms with Crippen molar-refractivity contribution in [3.63, 3.8) is 0 Å². The topological polar surface area (TPSA) is 90.1 Å². The highest BCUT2D eigenvalue weighted by molar-refractivity contribution is 6.06. The Morgan fingerprint density at radius 1 is 1.36 bits per heavy atom. The second-order valence-electron chi connectivity index (χ2n) is 6.87. The smallest absolute Gasteiger partial charge is 0.272 e. The zero-order chi connectivity index (χ0) is 18.0. The van der Waals surface area contributed by atoms with Crippen LogP contribution in [0, 0.1) is 0 Å². The summed E-state index contributed by atoms with van der Waals surface area (Å²) < 4.78 is 0. The summed E-state index contributed by atoms with van der Waals surface area (Å²) in [5.74, 6) is -0.325. The molecule has 1 aliphatic heterocycles. The minimum absolute atomic E-state index is 0.00846. The van der Waals surface area contributed by atoms with Gasteiger partial charge in [0.2, 0.25) is 0 Å². The molecule has 7 nitrogen and oxygen atoms in total. The van der Waals surface area contributed by atoms with Crippen LogP contribution in [0.1, 0.15) is 31.3 Å². The number of carbonyl (C=O) groups is 2. The molecule has 2 aromatic rings. The summed E-state index contributed by atoms with van der Waals surface area (Å²) in [6.45, 7) is 7.98. The van der Waals surface area contributed by atoms with E-state index in [9.17, 15) is 9.59 Å². The number of fused-ring (bicyclic) bond motifs is 1. The normalized spacial score (nSPS) is 22.7. The van der Waals surface area contributed by atoms with Crippen molar-refractivity contribution in [3.05, 3.63) is 30.0 Å². The minimum Gasteiger partial charge on any atom is -0.341 e. The zero-order valence-corrected chi connectivity index (χ0v) is 14.9. The van der Waals surface area contributed by atoms with Gasteiger partial charge >= 0.3 is 0 Å². The first-order valence-corrected chi connectivity index (χ1v) is 8.70. The molecule has 7 heteroatoms. The molecule has 1 saturated heterocycles. The van der Waals surface area contributed by atoms with Crippen LogP contribution in [0.5, 0.6) is 0 Å². The number of nitrogens with one attached hydrogen (secondary N) is 3. The van der Waals surface area contributed by atoms with Crippen molar-refractivity contribution in [1.82, 2.24) is 25.7 Å². The second-order valence-corrected chi connectivity index (χ2v) is 6.87. The van der Waals surface area contributed by atoms with Crippen LogP contribution in [0.3, 0.4) is 0 Å². The number of amides is 1. The fourth-order valence-electron chi connectivity index (χ4n) is 3.14. The van der Waals surface area contributed by atoms with Crippen LogP contribution < -0.4 is 10.6 Å². The summed E-state index contributed by atoms with van der Waals surface area (Å²) in [7, 11) is 0. The molecule has 3 atom stereocenters. The SMILES string of the molecule is CC1CN(CC(=O)C(C)NC(=O)c2n[nH]c3ccccc23)C(C)CN1. The van der Waals surface area contributed by atoms with Crippen LogP contribution in [0.4, 0.5) is 0 Å². The van der Waals surface area contributed by atoms with Crippen LogP contribution in [-0.2, 0) is 4.79 Å². The van der Waals surface area contributed by atoms with E-state index in [4.69, 9.17) is 0 Å². The molecule has 0 bridgehead atoms. The van der Waals surface area contributed by atoms with Crippen molar-refractivity contribution in [2.24, 2.45) is 0 Å². The first-order valence-electron chi connectivity index (χ1n) is 8.70. The number of aromatic amines is 1. The molecule has 2 heterocycles. The summed E-state index contributed by atoms with van der Waals surface area (Å²) in [5, 5.41) is 13.8. The predicted octanol–water partition coefficient (Wildman–Crippen LogP) is 0.933. The minimum atomic E-state index is -0.555. The molecule has 134 valence electrons. The number of hydrogen-bond acceptors (Lipinski definition) is 5. The number of H-pyrrole nitrogens is 1. The Morgan fingerprint density at radius 2 is 2.12 bits per heavy atom. The van der Waals surface area contributed by atoms with E-state index in [1.807, 2.05) is 24.3 Å². The Bertz CT molecular complexity index is 772. The molecular weight excluding hydrogens is 318 g/mol. The van der Waals surface area contributed by atoms with E-state index < -0.39 is 6.04 Å². The van der Waals surface area contributed by atoms with Gasteiger partial charge in [-0.3, -0.25) is 19.6 Å². The van der Waals surface area contributed by atoms with Gasteiger partial charge in [0.05, 0.1) is 18.1 Å². The quantitative estimate of drug-likeness (QED) is 0.751. The fraction of sp³-hybridized carbons (Fsp3) is 0.500. The standard InChI is InChI=1S/C18H25N5O2/c1-11-9-23(12(2)8-19-11)10-16(24)13(3)20-18(25)17-14-6-4-5-7-15(14)21-22-17/h4-7,11-13,19H,8-10H2,1-3H3,(H,20,25)(H,21,22). The third kappa shape index (κ3) is 3.88. The predicted molar refractivity (Wildman–Crippen MR) is 96.5 cm³/mol. The van der Waals surface area contributed by atoms with Crippen molar-refractivity contribution in [2.45, 2.75) is 38.9 Å². The number of ketones is 1. The van der Waals surface area contributed by atoms with E-state index in [2.05, 4.69) is 39.6 Å². The number of Topliss-reactive ketones (excluding diaryl/α,β-unsaturated/α-hetero) is 1. The molecule has 0 spiro atoms. The van der Waals surface area contributed by atoms with E-state index in [1.165, 1.54) is 0 Å². The lowest BCUT2D eigenvalue weighted by molar-refractivity contribution is -0.122. The Labute approximate surface area is 147 Å². The summed E-state index contributed by atoms with van der Waals surface area (Å²) in [6.07, 6.45) is 0. The zero-order valence-electron chi connectivity index (χ0n) is 14.9. The largest absolute Gasteiger partial charge is 0.341 e. The monoisotopic (exact) mass is 343 g/mol. The summed E-state index contributed by atoms with van der Waals surface area (Å²) in [4.78, 5) is 27.2. The average Bonchev–Trinajstić information content (AvgIpc) is 3.02. The molecule has 1 amide bonds. The third-order valence-corrected chi connectivity index (χ3v) is 4.77. The molecule has 1 aromatic heterocycles. The number of aromatic nitrogens is 2. The Hall–Kier alpha value is -2.25. The number of hydrogen-bond donors (Lipinski definition) is 3. The summed E-state index contributed by atoms with van der Waals surface area (Å²) in [6, 6.07) is 7.55. The summed E-state index contributed by atoms with van der Waals surface area (Å²) in [5.41, 5.74) is 1.12. The van der Waals surface area contributed by atoms with E-state index in [0.29, 0.717) is 24.3 Å². The number of benzene rings is 1. The maximum Gasteiger partial charge on any atom is 0.272 e. The third-order valence-electron chi connectivity index (χ3n) is 4.77. The number of para-hydroxylation sites is 1. The lowest BCUT2D eigenvalue weighted by Crippen LogP contribution is -2.56. The van der Waals surface area contributed by atoms with Gasteiger partial charge in [0.25, 0.3) is 5.91 Å². The molecular formula is C18H25N5O2. The van der Waals surface area contributed by atoms with Crippen LogP contribution in [0.2, 0.25) is 0 Å². The first kappa shape index (κ1) is 17.6. The van der Waals surface area contributed by atoms with Gasteiger partial charge in [-0.1, -0.05) is 18.2 Å². The molecule has 0 aliphatic carbocycles. The van der Waals surface area contributed by atoms with Crippen molar-refractivity contribution < 1.29 is 9.59 Å². The van der Waals surface area contributed by atoms with Gasteiger partial charge in [0.1, 0.15) is 0 Å². The van der Waals surface area contributed by atoms with Gasteiger partial charge in [0, 0.05) is 30.6 Å². The maximum absolute atomic E-state index is 12.5. The lowest BCUT2D eigenvalue weighted by atomic mass is 10.1. The highest BCUT2D eigenvalue weighted by atomic mass is 16.2. The van der Waals surface area contributed by atoms with Crippen molar-refractivity contribution in [3.8, 4) is 0 Å². The van der Waals surface area contributed by atoms with Gasteiger partial charge in [-0.25, -0.2) is 0 Å². The molecule has 3 N–H and O–H groups in total. The van der Waals surface area contributed by atoms with E-state index in [-0.39, 0.29) is 11.7 Å². The van der Waals surface area contributed by atoms with Crippen LogP contribution >= 0.6 is 0 Å². The number of piperazine rings is 1. The van der Waals surface area contributed by atoms with Crippen molar-refractivity contribution >= 4 is 22.6 Å². The number of nitrogens with zero attached hydrogens (tertiary/aromatic N) is 2. The van der Waals surface area contributed by atoms with Gasteiger partial charge < -0.3 is 10.6 Å². The van der Waals surface area contributed by atoms with E-state index in [1.54, 1.807) is 6.92 Å². The van der Waals surface area contributed by atoms with Crippen molar-refractivity contribution in [1.29, 1.82) is 0 Å². The molecule has 3 unspecified atom stereocenters. The van der Waals surface area contributed by atoms with Crippen LogP contribution in [-0.4, -0.2) is 64.5 Å². The Kier molecular flexibility index (Phi) is 5.15. The number of carbonyl (C=O) groups excluding carboxylic acids is 2. The Morgan fingerprint density at radius 3 is 2.92 bits per heavy atom. The van der Waals surface area contributed by atoms with Crippen LogP contribution in [0.15, 0.2) is 24.3 Å². The van der Waals surface area contributed by atoms with Gasteiger partial charge in [-0.15, -0.1) is 0 Å². The lowest BCUT2D eigenvalue weighted by Gasteiger charge is -2.37. The second kappa shape index (κ2) is 7.33. The van der Waals surface area contributed by atoms with Gasteiger partial charge in [0.15, 0.2) is 11.5 Å². The average molecular weight is 343 g/mol. The molecule has 0 saturated carbocycles. The van der Waals surface area contributed by atoms with Crippen LogP contribution in [0.25, 0.3) is 10.9 Å². The molecule has 3 rings (SSSR count). The molecule has 1 aromatic carbocycles. The Balaban J connectivity index is 1.62. The fourth-order valence-corrected chi connectivity index (χ4v) is 3.14. The first-order chi connectivity index (χ1) is 12.0. The number of rotatable bonds is 5. The highest BCUT2D eigenvalue weighted by Crippen LogP contribution is 2.15. The maximum atomic E-state index is 12.5. The molecule has 0 radical (unpaired) electrons. The van der Waals surface area contributed by atoms with Gasteiger partial charge in [-0.05, 0) is 26.8 Å². The molecule has 25 heavy (non-hydrogen) atoms.